The van der Waals surface area contributed by atoms with Gasteiger partial charge in [0.05, 0.1) is 24.3 Å². The van der Waals surface area contributed by atoms with Crippen molar-refractivity contribution >= 4 is 43.1 Å². The molecule has 0 spiro atoms. The first-order chi connectivity index (χ1) is 11.0. The van der Waals surface area contributed by atoms with E-state index < -0.39 is 38.4 Å². The van der Waals surface area contributed by atoms with E-state index in [-0.39, 0.29) is 17.9 Å². The van der Waals surface area contributed by atoms with Gasteiger partial charge in [-0.25, -0.2) is 16.8 Å². The van der Waals surface area contributed by atoms with Crippen molar-refractivity contribution in [2.45, 2.75) is 19.4 Å². The Kier molecular flexibility index (Phi) is 5.58. The van der Waals surface area contributed by atoms with Gasteiger partial charge in [0, 0.05) is 16.8 Å². The van der Waals surface area contributed by atoms with Crippen molar-refractivity contribution in [3.63, 3.8) is 0 Å². The predicted molar refractivity (Wildman–Crippen MR) is 93.4 cm³/mol. The van der Waals surface area contributed by atoms with Gasteiger partial charge in [-0.3, -0.25) is 4.79 Å². The van der Waals surface area contributed by atoms with Gasteiger partial charge < -0.3 is 5.32 Å². The zero-order chi connectivity index (χ0) is 18.1. The van der Waals surface area contributed by atoms with Crippen LogP contribution in [0, 0.1) is 6.92 Å². The molecule has 0 saturated carbocycles. The summed E-state index contributed by atoms with van der Waals surface area (Å²) in [6.07, 6.45) is 1.17. The minimum absolute atomic E-state index is 0.0679. The highest BCUT2D eigenvalue weighted by Gasteiger charge is 2.37. The van der Waals surface area contributed by atoms with E-state index in [1.807, 2.05) is 0 Å². The second kappa shape index (κ2) is 6.99. The quantitative estimate of drug-likeness (QED) is 0.804. The molecule has 1 saturated heterocycles. The van der Waals surface area contributed by atoms with Gasteiger partial charge in [0.25, 0.3) is 0 Å². The summed E-state index contributed by atoms with van der Waals surface area (Å²) >= 11 is 5.85. The molecule has 0 radical (unpaired) electrons. The van der Waals surface area contributed by atoms with Crippen molar-refractivity contribution in [3.8, 4) is 0 Å². The lowest BCUT2D eigenvalue weighted by Crippen LogP contribution is -2.44. The fourth-order valence-corrected chi connectivity index (χ4v) is 5.74. The van der Waals surface area contributed by atoms with Gasteiger partial charge in [0.15, 0.2) is 9.84 Å². The molecule has 24 heavy (non-hydrogen) atoms. The lowest BCUT2D eigenvalue weighted by molar-refractivity contribution is -0.116. The molecule has 2 rings (SSSR count). The minimum Gasteiger partial charge on any atom is -0.325 e. The smallest absolute Gasteiger partial charge is 0.239 e. The van der Waals surface area contributed by atoms with E-state index in [9.17, 15) is 21.6 Å². The molecule has 1 aliphatic heterocycles. The van der Waals surface area contributed by atoms with Gasteiger partial charge in [-0.05, 0) is 37.1 Å². The number of nitrogens with one attached hydrogen (secondary N) is 1. The number of sulfonamides is 1. The Morgan fingerprint density at radius 2 is 2.08 bits per heavy atom. The van der Waals surface area contributed by atoms with Crippen molar-refractivity contribution in [1.82, 2.24) is 4.31 Å². The highest BCUT2D eigenvalue weighted by atomic mass is 35.5. The van der Waals surface area contributed by atoms with Crippen LogP contribution in [-0.2, 0) is 24.7 Å². The van der Waals surface area contributed by atoms with Gasteiger partial charge >= 0.3 is 0 Å². The summed E-state index contributed by atoms with van der Waals surface area (Å²) < 4.78 is 48.1. The van der Waals surface area contributed by atoms with Crippen molar-refractivity contribution in [2.75, 3.05) is 29.6 Å². The zero-order valence-electron chi connectivity index (χ0n) is 13.3. The third kappa shape index (κ3) is 4.92. The number of carbonyl (C=O) groups excluding carboxylic acids is 1. The molecule has 7 nitrogen and oxygen atoms in total. The summed E-state index contributed by atoms with van der Waals surface area (Å²) in [7, 11) is -6.98. The maximum atomic E-state index is 12.2. The average molecular weight is 395 g/mol. The van der Waals surface area contributed by atoms with Crippen LogP contribution in [0.3, 0.4) is 0 Å². The van der Waals surface area contributed by atoms with Crippen molar-refractivity contribution < 1.29 is 21.6 Å². The first-order valence-electron chi connectivity index (χ1n) is 7.21. The number of benzene rings is 1. The van der Waals surface area contributed by atoms with E-state index in [1.165, 1.54) is 0 Å². The summed E-state index contributed by atoms with van der Waals surface area (Å²) in [5.74, 6) is -0.857. The topological polar surface area (TPSA) is 101 Å². The predicted octanol–water partition coefficient (Wildman–Crippen LogP) is 1.04. The number of anilines is 1. The van der Waals surface area contributed by atoms with E-state index in [4.69, 9.17) is 11.6 Å². The minimum atomic E-state index is -3.72. The molecule has 0 aliphatic carbocycles. The first-order valence-corrected chi connectivity index (χ1v) is 11.3. The Morgan fingerprint density at radius 1 is 1.42 bits per heavy atom. The van der Waals surface area contributed by atoms with Crippen LogP contribution >= 0.6 is 11.6 Å². The Morgan fingerprint density at radius 3 is 2.58 bits per heavy atom. The normalized spacial score (nSPS) is 20.2. The fourth-order valence-electron chi connectivity index (χ4n) is 2.62. The molecular weight excluding hydrogens is 376 g/mol. The van der Waals surface area contributed by atoms with Gasteiger partial charge in [0.2, 0.25) is 15.9 Å². The Labute approximate surface area is 147 Å². The molecule has 134 valence electrons. The molecule has 1 N–H and O–H groups in total. The number of sulfone groups is 1. The first kappa shape index (κ1) is 19.2. The maximum Gasteiger partial charge on any atom is 0.239 e. The monoisotopic (exact) mass is 394 g/mol. The largest absolute Gasteiger partial charge is 0.325 e. The fraction of sp³-hybridized carbons (Fsp3) is 0.500. The highest BCUT2D eigenvalue weighted by molar-refractivity contribution is 7.92. The lowest BCUT2D eigenvalue weighted by atomic mass is 10.2. The van der Waals surface area contributed by atoms with Gasteiger partial charge in [-0.2, -0.15) is 4.31 Å². The van der Waals surface area contributed by atoms with Crippen LogP contribution < -0.4 is 5.32 Å². The molecular formula is C14H19ClN2O5S2. The van der Waals surface area contributed by atoms with Gasteiger partial charge in [-0.1, -0.05) is 11.6 Å². The van der Waals surface area contributed by atoms with Crippen LogP contribution in [0.4, 0.5) is 5.69 Å². The highest BCUT2D eigenvalue weighted by Crippen LogP contribution is 2.22. The zero-order valence-corrected chi connectivity index (χ0v) is 15.7. The number of amides is 1. The number of halogens is 1. The third-order valence-electron chi connectivity index (χ3n) is 3.80. The molecule has 10 heteroatoms. The average Bonchev–Trinajstić information content (AvgIpc) is 2.78. The molecule has 0 bridgehead atoms. The second-order valence-electron chi connectivity index (χ2n) is 5.87. The van der Waals surface area contributed by atoms with Gasteiger partial charge in [-0.15, -0.1) is 0 Å². The molecule has 1 fully saturated rings. The van der Waals surface area contributed by atoms with Crippen LogP contribution in [0.5, 0.6) is 0 Å². The number of hydrogen-bond acceptors (Lipinski definition) is 5. The standard InChI is InChI=1S/C14H19ClN2O5S2/c1-10-7-11(15)3-4-13(10)16-14(18)8-17(23(2,19)20)12-5-6-24(21,22)9-12/h3-4,7,12H,5-6,8-9H2,1-2H3,(H,16,18). The maximum absolute atomic E-state index is 12.2. The Balaban J connectivity index is 2.14. The van der Waals surface area contributed by atoms with Crippen LogP contribution in [-0.4, -0.2) is 57.4 Å². The number of hydrogen-bond donors (Lipinski definition) is 1. The Bertz CT molecular complexity index is 852. The molecule has 1 aromatic rings. The molecule has 1 unspecified atom stereocenters. The van der Waals surface area contributed by atoms with E-state index in [1.54, 1.807) is 25.1 Å². The molecule has 1 heterocycles. The van der Waals surface area contributed by atoms with E-state index in [0.29, 0.717) is 10.7 Å². The third-order valence-corrected chi connectivity index (χ3v) is 7.07. The summed E-state index contributed by atoms with van der Waals surface area (Å²) in [6.45, 7) is 1.33. The van der Waals surface area contributed by atoms with Crippen LogP contribution in [0.2, 0.25) is 5.02 Å². The second-order valence-corrected chi connectivity index (χ2v) is 10.5. The van der Waals surface area contributed by atoms with Crippen LogP contribution in [0.15, 0.2) is 18.2 Å². The molecule has 0 aromatic heterocycles. The number of rotatable bonds is 5. The SMILES string of the molecule is Cc1cc(Cl)ccc1NC(=O)CN(C1CCS(=O)(=O)C1)S(C)(=O)=O. The molecule has 1 aromatic carbocycles. The molecule has 1 atom stereocenters. The van der Waals surface area contributed by atoms with Crippen molar-refractivity contribution in [1.29, 1.82) is 0 Å². The number of aryl methyl sites for hydroxylation is 1. The molecule has 1 aliphatic rings. The lowest BCUT2D eigenvalue weighted by Gasteiger charge is -2.25. The molecule has 1 amide bonds. The number of nitrogens with zero attached hydrogens (tertiary/aromatic N) is 1. The summed E-state index contributed by atoms with van der Waals surface area (Å²) in [5, 5.41) is 3.16. The van der Waals surface area contributed by atoms with E-state index >= 15 is 0 Å². The van der Waals surface area contributed by atoms with Crippen molar-refractivity contribution in [2.24, 2.45) is 0 Å². The summed E-state index contributed by atoms with van der Waals surface area (Å²) in [6, 6.07) is 4.21. The van der Waals surface area contributed by atoms with Crippen LogP contribution in [0.1, 0.15) is 12.0 Å². The van der Waals surface area contributed by atoms with E-state index in [0.717, 1.165) is 16.1 Å². The summed E-state index contributed by atoms with van der Waals surface area (Å²) in [4.78, 5) is 12.2. The Hall–Kier alpha value is -1.16. The van der Waals surface area contributed by atoms with Crippen molar-refractivity contribution in [3.05, 3.63) is 28.8 Å². The number of carbonyl (C=O) groups is 1. The van der Waals surface area contributed by atoms with Gasteiger partial charge in [0.1, 0.15) is 0 Å². The summed E-state index contributed by atoms with van der Waals surface area (Å²) in [5.41, 5.74) is 1.27. The van der Waals surface area contributed by atoms with Crippen LogP contribution in [0.25, 0.3) is 0 Å². The van der Waals surface area contributed by atoms with E-state index in [2.05, 4.69) is 5.32 Å².